The summed E-state index contributed by atoms with van der Waals surface area (Å²) in [6.45, 7) is 0. The fourth-order valence-corrected chi connectivity index (χ4v) is 5.27. The molecule has 0 aromatic heterocycles. The van der Waals surface area contributed by atoms with Gasteiger partial charge in [0.25, 0.3) is 0 Å². The number of rotatable bonds is 12. The third-order valence-electron chi connectivity index (χ3n) is 7.32. The second-order valence-electron chi connectivity index (χ2n) is 10.5. The first-order valence-electron chi connectivity index (χ1n) is 15.3. The zero-order valence-corrected chi connectivity index (χ0v) is 32.1. The number of nitrogens with two attached hydrogens (primary N) is 2. The second kappa shape index (κ2) is 24.9. The normalized spacial score (nSPS) is 12.6. The molecule has 4 rings (SSSR count). The van der Waals surface area contributed by atoms with E-state index in [1.807, 2.05) is 97.1 Å². The number of hydrogen-bond donors (Lipinski definition) is 2. The van der Waals surface area contributed by atoms with Crippen LogP contribution in [0.5, 0.6) is 0 Å². The quantitative estimate of drug-likeness (QED) is 0.111. The third-order valence-corrected chi connectivity index (χ3v) is 7.79. The van der Waals surface area contributed by atoms with Gasteiger partial charge in [0.2, 0.25) is 0 Å². The Morgan fingerprint density at radius 1 is 0.540 bits per heavy atom. The van der Waals surface area contributed by atoms with Gasteiger partial charge >= 0.3 is 11.9 Å². The predicted molar refractivity (Wildman–Crippen MR) is 206 cm³/mol. The second-order valence-corrected chi connectivity index (χ2v) is 11.4. The lowest BCUT2D eigenvalue weighted by atomic mass is 9.99. The molecule has 0 unspecified atom stereocenters. The van der Waals surface area contributed by atoms with Crippen LogP contribution in [0.3, 0.4) is 0 Å². The highest BCUT2D eigenvalue weighted by molar-refractivity contribution is 6.31. The molecule has 0 saturated carbocycles. The largest absolute Gasteiger partial charge is 0.467 e. The van der Waals surface area contributed by atoms with Crippen molar-refractivity contribution in [2.75, 3.05) is 41.2 Å². The van der Waals surface area contributed by atoms with Gasteiger partial charge in [-0.15, -0.1) is 23.2 Å². The molecule has 0 heterocycles. The van der Waals surface area contributed by atoms with Gasteiger partial charge < -0.3 is 30.4 Å². The van der Waals surface area contributed by atoms with Crippen molar-refractivity contribution in [3.05, 3.63) is 118 Å². The highest BCUT2D eigenvalue weighted by Crippen LogP contribution is 2.25. The van der Waals surface area contributed by atoms with Crippen molar-refractivity contribution >= 4 is 58.3 Å². The lowest BCUT2D eigenvalue weighted by molar-refractivity contribution is -0.154. The summed E-state index contributed by atoms with van der Waals surface area (Å²) in [5.74, 6) is -0.925. The van der Waals surface area contributed by atoms with Crippen molar-refractivity contribution in [1.29, 1.82) is 0 Å². The molecule has 0 aliphatic carbocycles. The molecule has 0 spiro atoms. The molecule has 0 saturated heterocycles. The molecular formula is C38H46Cl4N2O6. The van der Waals surface area contributed by atoms with Gasteiger partial charge in [-0.05, 0) is 70.5 Å². The Labute approximate surface area is 315 Å². The summed E-state index contributed by atoms with van der Waals surface area (Å²) >= 11 is 21.3. The van der Waals surface area contributed by atoms with E-state index in [1.165, 1.54) is 41.2 Å². The number of carbonyl (C=O) groups excluding carboxylic acids is 2. The van der Waals surface area contributed by atoms with Crippen LogP contribution in [-0.4, -0.2) is 77.4 Å². The smallest absolute Gasteiger partial charge is 0.336 e. The molecule has 0 amide bonds. The van der Waals surface area contributed by atoms with Crippen LogP contribution in [0.25, 0.3) is 22.3 Å². The van der Waals surface area contributed by atoms with Crippen LogP contribution >= 0.6 is 46.4 Å². The van der Waals surface area contributed by atoms with Crippen molar-refractivity contribution in [3.8, 4) is 22.3 Å². The van der Waals surface area contributed by atoms with E-state index < -0.39 is 36.2 Å². The number of benzene rings is 4. The van der Waals surface area contributed by atoms with Gasteiger partial charge in [0.15, 0.2) is 12.2 Å². The molecule has 4 aromatic rings. The Hall–Kier alpha value is -3.18. The van der Waals surface area contributed by atoms with Gasteiger partial charge in [0.1, 0.15) is 0 Å². The Morgan fingerprint density at radius 3 is 1.12 bits per heavy atom. The van der Waals surface area contributed by atoms with Crippen molar-refractivity contribution in [3.63, 3.8) is 0 Å². The Bertz CT molecular complexity index is 1440. The van der Waals surface area contributed by atoms with Crippen LogP contribution in [-0.2, 0) is 41.4 Å². The zero-order chi connectivity index (χ0) is 37.6. The molecule has 0 fully saturated rings. The number of esters is 2. The molecule has 272 valence electrons. The number of alkyl halides is 2. The van der Waals surface area contributed by atoms with Crippen LogP contribution < -0.4 is 11.5 Å². The van der Waals surface area contributed by atoms with Gasteiger partial charge in [-0.25, -0.2) is 9.59 Å². The summed E-state index contributed by atoms with van der Waals surface area (Å²) in [7, 11) is 5.54. The molecule has 4 atom stereocenters. The molecular weight excluding hydrogens is 722 g/mol. The number of ether oxygens (including phenoxy) is 4. The maximum Gasteiger partial charge on any atom is 0.336 e. The summed E-state index contributed by atoms with van der Waals surface area (Å²) in [5, 5.41) is 1.41. The van der Waals surface area contributed by atoms with E-state index in [1.54, 1.807) is 0 Å². The molecule has 4 N–H and O–H groups in total. The molecule has 0 aliphatic rings. The van der Waals surface area contributed by atoms with Gasteiger partial charge in [-0.2, -0.15) is 0 Å². The first kappa shape index (κ1) is 44.8. The van der Waals surface area contributed by atoms with Crippen molar-refractivity contribution in [2.45, 2.75) is 37.1 Å². The monoisotopic (exact) mass is 766 g/mol. The summed E-state index contributed by atoms with van der Waals surface area (Å²) < 4.78 is 19.6. The lowest BCUT2D eigenvalue weighted by Crippen LogP contribution is -2.44. The highest BCUT2D eigenvalue weighted by atomic mass is 35.5. The minimum absolute atomic E-state index is 0.462. The van der Waals surface area contributed by atoms with Crippen molar-refractivity contribution < 1.29 is 28.5 Å². The average molecular weight is 769 g/mol. The topological polar surface area (TPSA) is 123 Å². The first-order valence-corrected chi connectivity index (χ1v) is 17.5. The number of methoxy groups -OCH3 is 4. The maximum absolute atomic E-state index is 11.6. The minimum atomic E-state index is -0.771. The number of halogens is 4. The highest BCUT2D eigenvalue weighted by Gasteiger charge is 2.27. The molecule has 8 nitrogen and oxygen atoms in total. The van der Waals surface area contributed by atoms with Crippen LogP contribution in [0.4, 0.5) is 0 Å². The van der Waals surface area contributed by atoms with E-state index in [-0.39, 0.29) is 0 Å². The average Bonchev–Trinajstić information content (AvgIpc) is 3.14. The Morgan fingerprint density at radius 2 is 0.860 bits per heavy atom. The van der Waals surface area contributed by atoms with Gasteiger partial charge in [0.05, 0.1) is 14.2 Å². The third kappa shape index (κ3) is 14.6. The summed E-state index contributed by atoms with van der Waals surface area (Å²) in [5.41, 5.74) is 18.4. The van der Waals surface area contributed by atoms with Crippen LogP contribution in [0.2, 0.25) is 10.0 Å². The fourth-order valence-electron chi connectivity index (χ4n) is 4.88. The first-order chi connectivity index (χ1) is 24.1. The fraction of sp³-hybridized carbons (Fsp3) is 0.316. The summed E-state index contributed by atoms with van der Waals surface area (Å²) in [6.07, 6.45) is 2.44. The maximum atomic E-state index is 11.6. The molecule has 0 radical (unpaired) electrons. The molecule has 50 heavy (non-hydrogen) atoms. The minimum Gasteiger partial charge on any atom is -0.467 e. The number of carbonyl (C=O) groups is 2. The lowest BCUT2D eigenvalue weighted by Gasteiger charge is -2.20. The Kier molecular flexibility index (Phi) is 22.3. The number of hydrogen-bond acceptors (Lipinski definition) is 8. The molecule has 4 aromatic carbocycles. The summed E-state index contributed by atoms with van der Waals surface area (Å²) in [4.78, 5) is 23.2. The van der Waals surface area contributed by atoms with Crippen LogP contribution in [0.15, 0.2) is 97.1 Å². The molecule has 0 aliphatic heterocycles. The standard InChI is InChI=1S/2C18H20ClNO3.2CH3Cl/c2*1-22-17(18(21)23-2)16(20)10-12-6-8-13(9-7-12)14-4-3-5-15(19)11-14;2*1-2/h2*3-9,11,16-17H,10,20H2,1-2H3;2*1H3/t16-,17+;16-,17-;;/m11../s1. The predicted octanol–water partition coefficient (Wildman–Crippen LogP) is 7.84. The van der Waals surface area contributed by atoms with Gasteiger partial charge in [0, 0.05) is 49.1 Å². The van der Waals surface area contributed by atoms with E-state index >= 15 is 0 Å². The zero-order valence-electron chi connectivity index (χ0n) is 29.1. The van der Waals surface area contributed by atoms with Crippen LogP contribution in [0, 0.1) is 0 Å². The van der Waals surface area contributed by atoms with E-state index in [2.05, 4.69) is 23.2 Å². The van der Waals surface area contributed by atoms with E-state index in [0.717, 1.165) is 33.4 Å². The summed E-state index contributed by atoms with van der Waals surface area (Å²) in [6, 6.07) is 30.4. The van der Waals surface area contributed by atoms with E-state index in [4.69, 9.17) is 53.6 Å². The molecule has 12 heteroatoms. The van der Waals surface area contributed by atoms with Crippen molar-refractivity contribution in [2.24, 2.45) is 11.5 Å². The van der Waals surface area contributed by atoms with Gasteiger partial charge in [-0.1, -0.05) is 96.0 Å². The Balaban J connectivity index is 0.000000455. The van der Waals surface area contributed by atoms with E-state index in [9.17, 15) is 9.59 Å². The SMILES string of the molecule is CCl.CCl.COC(=O)[C@@H](OC)[C@H](N)Cc1ccc(-c2cccc(Cl)c2)cc1.COC(=O)[C@H](OC)[C@H](N)Cc1ccc(-c2cccc(Cl)c2)cc1. The van der Waals surface area contributed by atoms with Crippen LogP contribution in [0.1, 0.15) is 11.1 Å². The van der Waals surface area contributed by atoms with Gasteiger partial charge in [-0.3, -0.25) is 0 Å². The van der Waals surface area contributed by atoms with Crippen molar-refractivity contribution in [1.82, 2.24) is 0 Å². The van der Waals surface area contributed by atoms with E-state index in [0.29, 0.717) is 22.9 Å². The molecule has 0 bridgehead atoms.